The fourth-order valence-electron chi connectivity index (χ4n) is 2.72. The minimum absolute atomic E-state index is 0.110. The summed E-state index contributed by atoms with van der Waals surface area (Å²) in [7, 11) is 0. The van der Waals surface area contributed by atoms with Crippen molar-refractivity contribution in [3.63, 3.8) is 0 Å². The molecule has 0 radical (unpaired) electrons. The number of ether oxygens (including phenoxy) is 1. The molecule has 1 aliphatic heterocycles. The maximum absolute atomic E-state index is 12.4. The van der Waals surface area contributed by atoms with E-state index in [1.54, 1.807) is 11.8 Å². The molecule has 2 heterocycles. The highest BCUT2D eigenvalue weighted by Crippen LogP contribution is 2.24. The summed E-state index contributed by atoms with van der Waals surface area (Å²) < 4.78 is 5.27. The number of benzene rings is 1. The van der Waals surface area contributed by atoms with Crippen LogP contribution in [0.3, 0.4) is 0 Å². The molecular formula is C20H23NO3S2. The standard InChI is InChI=1S/C20H23NO3S2/c1-14-3-4-16(11-15(14)2)25-13-18(22)19-6-5-17(26-19)12-20(23)21-7-9-24-10-8-21/h3-6,11H,7-10,12-13H2,1-2H3. The van der Waals surface area contributed by atoms with Crippen molar-refractivity contribution in [3.8, 4) is 0 Å². The molecule has 0 bridgehead atoms. The minimum Gasteiger partial charge on any atom is -0.378 e. The van der Waals surface area contributed by atoms with Crippen LogP contribution in [0, 0.1) is 13.8 Å². The Bertz CT molecular complexity index is 794. The van der Waals surface area contributed by atoms with Crippen LogP contribution in [-0.2, 0) is 16.0 Å². The third-order valence-electron chi connectivity index (χ3n) is 4.47. The fraction of sp³-hybridized carbons (Fsp3) is 0.400. The monoisotopic (exact) mass is 389 g/mol. The molecule has 3 rings (SSSR count). The number of hydrogen-bond acceptors (Lipinski definition) is 5. The summed E-state index contributed by atoms with van der Waals surface area (Å²) in [5, 5.41) is 0. The molecule has 1 aromatic carbocycles. The molecule has 0 unspecified atom stereocenters. The van der Waals surface area contributed by atoms with Crippen LogP contribution in [-0.4, -0.2) is 48.6 Å². The van der Waals surface area contributed by atoms with Crippen molar-refractivity contribution >= 4 is 34.8 Å². The SMILES string of the molecule is Cc1ccc(SCC(=O)c2ccc(CC(=O)N3CCOCC3)s2)cc1C. The van der Waals surface area contributed by atoms with E-state index in [4.69, 9.17) is 4.74 Å². The number of Topliss-reactive ketones (excluding diaryl/α,β-unsaturated/α-hetero) is 1. The van der Waals surface area contributed by atoms with Crippen molar-refractivity contribution in [1.29, 1.82) is 0 Å². The van der Waals surface area contributed by atoms with E-state index in [9.17, 15) is 9.59 Å². The van der Waals surface area contributed by atoms with E-state index in [2.05, 4.69) is 32.0 Å². The quantitative estimate of drug-likeness (QED) is 0.558. The van der Waals surface area contributed by atoms with Crippen LogP contribution in [0.25, 0.3) is 0 Å². The third kappa shape index (κ3) is 4.96. The number of amides is 1. The van der Waals surface area contributed by atoms with E-state index in [0.717, 1.165) is 14.6 Å². The summed E-state index contributed by atoms with van der Waals surface area (Å²) in [5.74, 6) is 0.641. The maximum Gasteiger partial charge on any atom is 0.227 e. The van der Waals surface area contributed by atoms with Crippen LogP contribution >= 0.6 is 23.1 Å². The van der Waals surface area contributed by atoms with Crippen LogP contribution < -0.4 is 0 Å². The second kappa shape index (κ2) is 8.84. The lowest BCUT2D eigenvalue weighted by atomic mass is 10.1. The highest BCUT2D eigenvalue weighted by Gasteiger charge is 2.18. The summed E-state index contributed by atoms with van der Waals surface area (Å²) >= 11 is 2.99. The van der Waals surface area contributed by atoms with E-state index >= 15 is 0 Å². The second-order valence-corrected chi connectivity index (χ2v) is 8.61. The number of aryl methyl sites for hydroxylation is 2. The second-order valence-electron chi connectivity index (χ2n) is 6.39. The zero-order chi connectivity index (χ0) is 18.5. The Hall–Kier alpha value is -1.63. The summed E-state index contributed by atoms with van der Waals surface area (Å²) in [6, 6.07) is 10.0. The molecule has 0 aliphatic carbocycles. The van der Waals surface area contributed by atoms with Crippen LogP contribution in [0.4, 0.5) is 0 Å². The molecular weight excluding hydrogens is 366 g/mol. The van der Waals surface area contributed by atoms with Gasteiger partial charge >= 0.3 is 0 Å². The van der Waals surface area contributed by atoms with Gasteiger partial charge in [0.2, 0.25) is 5.91 Å². The zero-order valence-electron chi connectivity index (χ0n) is 15.1. The van der Waals surface area contributed by atoms with Crippen molar-refractivity contribution in [2.75, 3.05) is 32.1 Å². The first-order chi connectivity index (χ1) is 12.5. The van der Waals surface area contributed by atoms with E-state index < -0.39 is 0 Å². The predicted octanol–water partition coefficient (Wildman–Crippen LogP) is 3.74. The molecule has 1 amide bonds. The summed E-state index contributed by atoms with van der Waals surface area (Å²) in [6.45, 7) is 6.69. The summed E-state index contributed by atoms with van der Waals surface area (Å²) in [5.41, 5.74) is 2.50. The number of carbonyl (C=O) groups excluding carboxylic acids is 2. The van der Waals surface area contributed by atoms with Gasteiger partial charge in [-0.05, 0) is 49.2 Å². The Kier molecular flexibility index (Phi) is 6.51. The molecule has 1 aliphatic rings. The Balaban J connectivity index is 1.53. The van der Waals surface area contributed by atoms with E-state index in [1.165, 1.54) is 22.5 Å². The van der Waals surface area contributed by atoms with Crippen molar-refractivity contribution < 1.29 is 14.3 Å². The lowest BCUT2D eigenvalue weighted by molar-refractivity contribution is -0.134. The van der Waals surface area contributed by atoms with Gasteiger partial charge in [-0.15, -0.1) is 23.1 Å². The topological polar surface area (TPSA) is 46.6 Å². The fourth-order valence-corrected chi connectivity index (χ4v) is 4.63. The normalized spacial score (nSPS) is 14.5. The lowest BCUT2D eigenvalue weighted by Gasteiger charge is -2.26. The number of carbonyl (C=O) groups is 2. The smallest absolute Gasteiger partial charge is 0.227 e. The van der Waals surface area contributed by atoms with Crippen molar-refractivity contribution in [2.24, 2.45) is 0 Å². The van der Waals surface area contributed by atoms with Gasteiger partial charge in [0.15, 0.2) is 5.78 Å². The van der Waals surface area contributed by atoms with Crippen LogP contribution in [0.1, 0.15) is 25.7 Å². The first kappa shape index (κ1) is 19.1. The first-order valence-corrected chi connectivity index (χ1v) is 10.5. The number of rotatable bonds is 6. The highest BCUT2D eigenvalue weighted by molar-refractivity contribution is 8.00. The molecule has 4 nitrogen and oxygen atoms in total. The van der Waals surface area contributed by atoms with Crippen LogP contribution in [0.5, 0.6) is 0 Å². The van der Waals surface area contributed by atoms with Gasteiger partial charge in [-0.2, -0.15) is 0 Å². The molecule has 6 heteroatoms. The molecule has 2 aromatic rings. The lowest BCUT2D eigenvalue weighted by Crippen LogP contribution is -2.41. The molecule has 0 saturated carbocycles. The highest BCUT2D eigenvalue weighted by atomic mass is 32.2. The number of morpholine rings is 1. The van der Waals surface area contributed by atoms with Crippen molar-refractivity contribution in [1.82, 2.24) is 4.90 Å². The average molecular weight is 390 g/mol. The molecule has 0 N–H and O–H groups in total. The van der Waals surface area contributed by atoms with Gasteiger partial charge in [0.1, 0.15) is 0 Å². The molecule has 0 spiro atoms. The number of thioether (sulfide) groups is 1. The molecule has 26 heavy (non-hydrogen) atoms. The van der Waals surface area contributed by atoms with E-state index in [1.807, 2.05) is 17.0 Å². The van der Waals surface area contributed by atoms with Gasteiger partial charge in [-0.3, -0.25) is 9.59 Å². The maximum atomic E-state index is 12.4. The van der Waals surface area contributed by atoms with Gasteiger partial charge in [0, 0.05) is 22.9 Å². The van der Waals surface area contributed by atoms with Crippen molar-refractivity contribution in [2.45, 2.75) is 25.2 Å². The average Bonchev–Trinajstić information content (AvgIpc) is 3.11. The van der Waals surface area contributed by atoms with Gasteiger partial charge in [0.25, 0.3) is 0 Å². The van der Waals surface area contributed by atoms with Gasteiger partial charge in [-0.1, -0.05) is 6.07 Å². The minimum atomic E-state index is 0.110. The molecule has 0 atom stereocenters. The predicted molar refractivity (Wildman–Crippen MR) is 106 cm³/mol. The number of thiophene rings is 1. The largest absolute Gasteiger partial charge is 0.378 e. The molecule has 1 fully saturated rings. The Labute approximate surface area is 162 Å². The Morgan fingerprint density at radius 2 is 1.88 bits per heavy atom. The van der Waals surface area contributed by atoms with E-state index in [-0.39, 0.29) is 11.7 Å². The van der Waals surface area contributed by atoms with E-state index in [0.29, 0.717) is 38.5 Å². The van der Waals surface area contributed by atoms with Crippen LogP contribution in [0.15, 0.2) is 35.2 Å². The van der Waals surface area contributed by atoms with Crippen LogP contribution in [0.2, 0.25) is 0 Å². The summed E-state index contributed by atoms with van der Waals surface area (Å²) in [6.07, 6.45) is 0.363. The molecule has 1 aromatic heterocycles. The Morgan fingerprint density at radius 3 is 2.62 bits per heavy atom. The summed E-state index contributed by atoms with van der Waals surface area (Å²) in [4.78, 5) is 29.4. The molecule has 1 saturated heterocycles. The van der Waals surface area contributed by atoms with Gasteiger partial charge < -0.3 is 9.64 Å². The number of nitrogens with zero attached hydrogens (tertiary/aromatic N) is 1. The third-order valence-corrected chi connectivity index (χ3v) is 6.59. The Morgan fingerprint density at radius 1 is 1.12 bits per heavy atom. The van der Waals surface area contributed by atoms with Gasteiger partial charge in [0.05, 0.1) is 30.3 Å². The first-order valence-electron chi connectivity index (χ1n) is 8.70. The number of hydrogen-bond donors (Lipinski definition) is 0. The van der Waals surface area contributed by atoms with Gasteiger partial charge in [-0.25, -0.2) is 0 Å². The molecule has 138 valence electrons. The van der Waals surface area contributed by atoms with Crippen molar-refractivity contribution in [3.05, 3.63) is 51.2 Å². The zero-order valence-corrected chi connectivity index (χ0v) is 16.8. The number of ketones is 1.